The van der Waals surface area contributed by atoms with E-state index in [1.54, 1.807) is 24.0 Å². The van der Waals surface area contributed by atoms with Crippen LogP contribution in [0.2, 0.25) is 0 Å². The summed E-state index contributed by atoms with van der Waals surface area (Å²) in [6.07, 6.45) is 5.35. The molecule has 1 aromatic rings. The number of allylic oxidation sites excluding steroid dienone is 1. The monoisotopic (exact) mass is 419 g/mol. The molecule has 2 aliphatic rings. The lowest BCUT2D eigenvalue weighted by Crippen LogP contribution is -2.56. The number of likely N-dealkylation sites (tertiary alicyclic amines) is 1. The Kier molecular flexibility index (Phi) is 6.48. The van der Waals surface area contributed by atoms with Gasteiger partial charge in [-0.2, -0.15) is 0 Å². The van der Waals surface area contributed by atoms with Gasteiger partial charge in [0, 0.05) is 61.6 Å². The van der Waals surface area contributed by atoms with Gasteiger partial charge in [-0.05, 0) is 38.0 Å². The number of carbonyl (C=O) groups is 1. The minimum Gasteiger partial charge on any atom is -0.481 e. The molecule has 2 saturated heterocycles. The summed E-state index contributed by atoms with van der Waals surface area (Å²) in [5, 5.41) is 15.7. The molecular formula is C21H27F2N5O2. The van der Waals surface area contributed by atoms with Crippen LogP contribution < -0.4 is 4.74 Å². The first-order chi connectivity index (χ1) is 14.2. The topological polar surface area (TPSA) is 93.4 Å². The van der Waals surface area contributed by atoms with Crippen LogP contribution in [0.4, 0.5) is 8.78 Å². The number of hydrogen-bond donors (Lipinski definition) is 2. The molecule has 2 aliphatic heterocycles. The fourth-order valence-corrected chi connectivity index (χ4v) is 4.10. The quantitative estimate of drug-likeness (QED) is 0.524. The Hall–Kier alpha value is -2.84. The molecule has 1 aromatic heterocycles. The number of aromatic nitrogens is 1. The van der Waals surface area contributed by atoms with E-state index in [-0.39, 0.29) is 35.9 Å². The van der Waals surface area contributed by atoms with Gasteiger partial charge in [0.1, 0.15) is 5.84 Å². The number of alkyl halides is 2. The highest BCUT2D eigenvalue weighted by Gasteiger charge is 2.42. The number of hydrogen-bond acceptors (Lipinski definition) is 5. The first-order valence-corrected chi connectivity index (χ1v) is 9.97. The Morgan fingerprint density at radius 2 is 1.97 bits per heavy atom. The van der Waals surface area contributed by atoms with Gasteiger partial charge in [0.15, 0.2) is 0 Å². The molecule has 0 saturated carbocycles. The van der Waals surface area contributed by atoms with Gasteiger partial charge in [-0.15, -0.1) is 0 Å². The number of methoxy groups -OCH3 is 1. The van der Waals surface area contributed by atoms with Gasteiger partial charge in [-0.1, -0.05) is 0 Å². The molecule has 2 unspecified atom stereocenters. The van der Waals surface area contributed by atoms with Crippen LogP contribution in [-0.2, 0) is 10.7 Å². The third-order valence-electron chi connectivity index (χ3n) is 5.62. The summed E-state index contributed by atoms with van der Waals surface area (Å²) in [4.78, 5) is 20.1. The number of halogens is 2. The maximum Gasteiger partial charge on any atom is 0.274 e. The average Bonchev–Trinajstić information content (AvgIpc) is 2.99. The number of amidine groups is 1. The van der Waals surface area contributed by atoms with Gasteiger partial charge >= 0.3 is 0 Å². The van der Waals surface area contributed by atoms with Gasteiger partial charge in [0.2, 0.25) is 11.8 Å². The van der Waals surface area contributed by atoms with E-state index in [0.29, 0.717) is 24.6 Å². The molecule has 7 nitrogen and oxygen atoms in total. The number of rotatable bonds is 7. The van der Waals surface area contributed by atoms with E-state index in [0.717, 1.165) is 12.8 Å². The van der Waals surface area contributed by atoms with Crippen molar-refractivity contribution in [3.63, 3.8) is 0 Å². The Balaban J connectivity index is 1.58. The summed E-state index contributed by atoms with van der Waals surface area (Å²) in [7, 11) is 1.36. The number of nitrogens with one attached hydrogen (secondary N) is 2. The first-order valence-electron chi connectivity index (χ1n) is 9.97. The molecule has 3 heterocycles. The van der Waals surface area contributed by atoms with Gasteiger partial charge in [0.05, 0.1) is 7.11 Å². The lowest BCUT2D eigenvalue weighted by Gasteiger charge is -2.42. The van der Waals surface area contributed by atoms with Crippen molar-refractivity contribution in [2.45, 2.75) is 50.6 Å². The Labute approximate surface area is 174 Å². The minimum atomic E-state index is -3.15. The molecule has 0 aromatic carbocycles. The lowest BCUT2D eigenvalue weighted by molar-refractivity contribution is -0.136. The highest BCUT2D eigenvalue weighted by Crippen LogP contribution is 2.35. The van der Waals surface area contributed by atoms with E-state index in [1.807, 2.05) is 4.90 Å². The van der Waals surface area contributed by atoms with Gasteiger partial charge in [0.25, 0.3) is 5.92 Å². The summed E-state index contributed by atoms with van der Waals surface area (Å²) >= 11 is 0. The van der Waals surface area contributed by atoms with Crippen molar-refractivity contribution >= 4 is 17.5 Å². The smallest absolute Gasteiger partial charge is 0.274 e. The van der Waals surface area contributed by atoms with Gasteiger partial charge in [-0.25, -0.2) is 13.8 Å². The Morgan fingerprint density at radius 3 is 2.57 bits per heavy atom. The van der Waals surface area contributed by atoms with Crippen molar-refractivity contribution in [1.29, 1.82) is 10.8 Å². The summed E-state index contributed by atoms with van der Waals surface area (Å²) < 4.78 is 34.0. The number of amides is 1. The molecule has 0 radical (unpaired) electrons. The molecule has 2 atom stereocenters. The molecular weight excluding hydrogens is 392 g/mol. The highest BCUT2D eigenvalue weighted by molar-refractivity contribution is 5.99. The molecule has 2 fully saturated rings. The van der Waals surface area contributed by atoms with Crippen LogP contribution in [0.1, 0.15) is 38.2 Å². The van der Waals surface area contributed by atoms with Crippen LogP contribution in [0, 0.1) is 10.8 Å². The van der Waals surface area contributed by atoms with E-state index in [2.05, 4.69) is 4.98 Å². The molecule has 0 spiro atoms. The number of piperazine rings is 1. The molecule has 9 heteroatoms. The van der Waals surface area contributed by atoms with E-state index >= 15 is 0 Å². The summed E-state index contributed by atoms with van der Waals surface area (Å²) in [6, 6.07) is 2.46. The summed E-state index contributed by atoms with van der Waals surface area (Å²) in [5.74, 6) is -2.99. The molecule has 2 N–H and O–H groups in total. The second-order valence-corrected chi connectivity index (χ2v) is 7.78. The number of carbonyl (C=O) groups excluding carboxylic acids is 1. The largest absolute Gasteiger partial charge is 0.481 e. The van der Waals surface area contributed by atoms with Crippen molar-refractivity contribution in [3.8, 4) is 5.88 Å². The highest BCUT2D eigenvalue weighted by atomic mass is 19.3. The fraction of sp³-hybridized carbons (Fsp3) is 0.524. The van der Waals surface area contributed by atoms with Crippen molar-refractivity contribution in [3.05, 3.63) is 36.0 Å². The second kappa shape index (κ2) is 8.89. The predicted octanol–water partition coefficient (Wildman–Crippen LogP) is 3.21. The van der Waals surface area contributed by atoms with Crippen molar-refractivity contribution in [2.75, 3.05) is 20.2 Å². The van der Waals surface area contributed by atoms with E-state index in [1.165, 1.54) is 25.4 Å². The number of fused-ring (bicyclic) bond motifs is 2. The van der Waals surface area contributed by atoms with Crippen LogP contribution in [0.25, 0.3) is 0 Å². The zero-order valence-electron chi connectivity index (χ0n) is 17.2. The van der Waals surface area contributed by atoms with Crippen LogP contribution in [0.15, 0.2) is 30.5 Å². The van der Waals surface area contributed by atoms with Crippen LogP contribution in [-0.4, -0.2) is 64.5 Å². The first kappa shape index (κ1) is 21.9. The van der Waals surface area contributed by atoms with Crippen LogP contribution in [0.3, 0.4) is 0 Å². The van der Waals surface area contributed by atoms with Gasteiger partial charge in [-0.3, -0.25) is 10.2 Å². The predicted molar refractivity (Wildman–Crippen MR) is 109 cm³/mol. The molecule has 30 heavy (non-hydrogen) atoms. The van der Waals surface area contributed by atoms with Crippen molar-refractivity contribution in [2.24, 2.45) is 0 Å². The van der Waals surface area contributed by atoms with E-state index in [9.17, 15) is 13.6 Å². The van der Waals surface area contributed by atoms with Crippen molar-refractivity contribution in [1.82, 2.24) is 14.8 Å². The minimum absolute atomic E-state index is 0.0147. The third kappa shape index (κ3) is 4.83. The normalized spacial score (nSPS) is 21.2. The summed E-state index contributed by atoms with van der Waals surface area (Å²) in [5.41, 5.74) is 0.155. The van der Waals surface area contributed by atoms with Gasteiger partial charge < -0.3 is 19.9 Å². The molecule has 0 aliphatic carbocycles. The number of pyridine rings is 1. The molecule has 3 rings (SSSR count). The van der Waals surface area contributed by atoms with Crippen molar-refractivity contribution < 1.29 is 18.3 Å². The number of nitrogens with zero attached hydrogens (tertiary/aromatic N) is 3. The second-order valence-electron chi connectivity index (χ2n) is 7.78. The number of ether oxygens (including phenoxy) is 1. The molecule has 2 bridgehead atoms. The SMILES string of the molecule is COc1cc(C(F)(F)CCC(=O)N2CC3CCC(C2)N3C(=N)/C=C\C(C)=N)ccn1. The lowest BCUT2D eigenvalue weighted by atomic mass is 10.0. The summed E-state index contributed by atoms with van der Waals surface area (Å²) in [6.45, 7) is 2.51. The maximum atomic E-state index is 14.6. The zero-order valence-corrected chi connectivity index (χ0v) is 17.2. The van der Waals surface area contributed by atoms with Crippen LogP contribution >= 0.6 is 0 Å². The maximum absolute atomic E-state index is 14.6. The average molecular weight is 419 g/mol. The van der Waals surface area contributed by atoms with Crippen LogP contribution in [0.5, 0.6) is 5.88 Å². The zero-order chi connectivity index (χ0) is 21.9. The molecule has 1 amide bonds. The van der Waals surface area contributed by atoms with E-state index in [4.69, 9.17) is 15.6 Å². The molecule has 162 valence electrons. The Bertz CT molecular complexity index is 844. The third-order valence-corrected chi connectivity index (χ3v) is 5.62. The van der Waals surface area contributed by atoms with E-state index < -0.39 is 12.3 Å². The standard InChI is InChI=1S/C21H27F2N5O2/c1-14(24)3-6-18(25)28-16-4-5-17(28)13-27(12-16)20(29)7-9-21(22,23)15-8-10-26-19(11-15)30-2/h3,6,8,10-11,16-17,24-25H,4-5,7,9,12-13H2,1-2H3/b6-3-,24-14?,25-18?. The fourth-order valence-electron chi connectivity index (χ4n) is 4.10. The Morgan fingerprint density at radius 1 is 1.30 bits per heavy atom.